The minimum absolute atomic E-state index is 0.0442. The maximum absolute atomic E-state index is 11.9. The van der Waals surface area contributed by atoms with Gasteiger partial charge < -0.3 is 16.0 Å². The van der Waals surface area contributed by atoms with Crippen LogP contribution < -0.4 is 16.0 Å². The summed E-state index contributed by atoms with van der Waals surface area (Å²) in [5.74, 6) is 0.0442. The second kappa shape index (κ2) is 7.29. The number of nitrogens with zero attached hydrogens (tertiary/aromatic N) is 1. The van der Waals surface area contributed by atoms with E-state index >= 15 is 0 Å². The maximum Gasteiger partial charge on any atom is 0.224 e. The average Bonchev–Trinajstić information content (AvgIpc) is 2.99. The smallest absolute Gasteiger partial charge is 0.224 e. The molecule has 1 saturated carbocycles. The molecule has 0 aromatic heterocycles. The number of nitrogens with one attached hydrogen (secondary N) is 1. The molecule has 1 aromatic rings. The van der Waals surface area contributed by atoms with Gasteiger partial charge in [0.05, 0.1) is 11.4 Å². The first-order chi connectivity index (χ1) is 9.72. The van der Waals surface area contributed by atoms with Gasteiger partial charge in [0.1, 0.15) is 0 Å². The van der Waals surface area contributed by atoms with Crippen molar-refractivity contribution in [2.75, 3.05) is 23.8 Å². The standard InChI is InChI=1S/C16H25N3O/c1-19(13-7-2-3-8-13)15-10-5-4-9-14(15)18-16(20)11-6-12-17/h4-5,9-10,13H,2-3,6-8,11-12,17H2,1H3,(H,18,20). The van der Waals surface area contributed by atoms with E-state index in [9.17, 15) is 4.79 Å². The molecule has 0 spiro atoms. The van der Waals surface area contributed by atoms with Gasteiger partial charge >= 0.3 is 0 Å². The van der Waals surface area contributed by atoms with Crippen molar-refractivity contribution < 1.29 is 4.79 Å². The largest absolute Gasteiger partial charge is 0.370 e. The molecule has 0 aliphatic heterocycles. The van der Waals surface area contributed by atoms with E-state index in [2.05, 4.69) is 23.3 Å². The topological polar surface area (TPSA) is 58.4 Å². The van der Waals surface area contributed by atoms with Gasteiger partial charge in [-0.2, -0.15) is 0 Å². The average molecular weight is 275 g/mol. The molecule has 1 amide bonds. The number of nitrogens with two attached hydrogens (primary N) is 1. The zero-order valence-electron chi connectivity index (χ0n) is 12.3. The molecule has 0 unspecified atom stereocenters. The Morgan fingerprint density at radius 1 is 1.35 bits per heavy atom. The minimum Gasteiger partial charge on any atom is -0.370 e. The maximum atomic E-state index is 11.9. The molecule has 20 heavy (non-hydrogen) atoms. The molecule has 0 saturated heterocycles. The Morgan fingerprint density at radius 3 is 2.75 bits per heavy atom. The summed E-state index contributed by atoms with van der Waals surface area (Å²) < 4.78 is 0. The zero-order chi connectivity index (χ0) is 14.4. The summed E-state index contributed by atoms with van der Waals surface area (Å²) >= 11 is 0. The number of anilines is 2. The highest BCUT2D eigenvalue weighted by molar-refractivity contribution is 5.94. The van der Waals surface area contributed by atoms with Crippen LogP contribution >= 0.6 is 0 Å². The molecule has 0 radical (unpaired) electrons. The molecule has 1 aliphatic rings. The fraction of sp³-hybridized carbons (Fsp3) is 0.562. The summed E-state index contributed by atoms with van der Waals surface area (Å²) in [6.07, 6.45) is 6.31. The van der Waals surface area contributed by atoms with Crippen LogP contribution in [-0.2, 0) is 4.79 Å². The van der Waals surface area contributed by atoms with Crippen molar-refractivity contribution in [1.29, 1.82) is 0 Å². The van der Waals surface area contributed by atoms with Crippen molar-refractivity contribution in [3.63, 3.8) is 0 Å². The summed E-state index contributed by atoms with van der Waals surface area (Å²) in [4.78, 5) is 14.2. The third-order valence-electron chi connectivity index (χ3n) is 4.04. The lowest BCUT2D eigenvalue weighted by molar-refractivity contribution is -0.116. The van der Waals surface area contributed by atoms with Crippen molar-refractivity contribution in [1.82, 2.24) is 0 Å². The summed E-state index contributed by atoms with van der Waals surface area (Å²) in [5, 5.41) is 3.01. The van der Waals surface area contributed by atoms with Gasteiger partial charge in [0.2, 0.25) is 5.91 Å². The molecule has 0 atom stereocenters. The molecule has 4 heteroatoms. The first-order valence-electron chi connectivity index (χ1n) is 7.54. The Hall–Kier alpha value is -1.55. The van der Waals surface area contributed by atoms with Crippen LogP contribution in [0.25, 0.3) is 0 Å². The van der Waals surface area contributed by atoms with E-state index in [0.717, 1.165) is 17.8 Å². The van der Waals surface area contributed by atoms with E-state index in [1.807, 2.05) is 18.2 Å². The van der Waals surface area contributed by atoms with Crippen LogP contribution in [0.4, 0.5) is 11.4 Å². The Kier molecular flexibility index (Phi) is 5.41. The molecular formula is C16H25N3O. The lowest BCUT2D eigenvalue weighted by Crippen LogP contribution is -2.29. The SMILES string of the molecule is CN(c1ccccc1NC(=O)CCCN)C1CCCC1. The molecule has 1 aliphatic carbocycles. The Labute approximate surface area is 121 Å². The van der Waals surface area contributed by atoms with Crippen molar-refractivity contribution in [2.45, 2.75) is 44.6 Å². The molecule has 0 heterocycles. The van der Waals surface area contributed by atoms with Gasteiger partial charge in [-0.25, -0.2) is 0 Å². The molecule has 1 aromatic carbocycles. The highest BCUT2D eigenvalue weighted by Crippen LogP contribution is 2.31. The summed E-state index contributed by atoms with van der Waals surface area (Å²) in [6, 6.07) is 8.64. The molecular weight excluding hydrogens is 250 g/mol. The van der Waals surface area contributed by atoms with Gasteiger partial charge in [0.15, 0.2) is 0 Å². The fourth-order valence-corrected chi connectivity index (χ4v) is 2.85. The van der Waals surface area contributed by atoms with Gasteiger partial charge in [0, 0.05) is 19.5 Å². The second-order valence-electron chi connectivity index (χ2n) is 5.51. The van der Waals surface area contributed by atoms with Gasteiger partial charge in [-0.3, -0.25) is 4.79 Å². The van der Waals surface area contributed by atoms with Crippen LogP contribution in [0.3, 0.4) is 0 Å². The van der Waals surface area contributed by atoms with E-state index in [4.69, 9.17) is 5.73 Å². The highest BCUT2D eigenvalue weighted by atomic mass is 16.1. The van der Waals surface area contributed by atoms with E-state index in [0.29, 0.717) is 19.0 Å². The van der Waals surface area contributed by atoms with Crippen LogP contribution in [0.5, 0.6) is 0 Å². The van der Waals surface area contributed by atoms with Crippen LogP contribution in [0.15, 0.2) is 24.3 Å². The number of hydrogen-bond acceptors (Lipinski definition) is 3. The number of carbonyl (C=O) groups excluding carboxylic acids is 1. The van der Waals surface area contributed by atoms with Gasteiger partial charge in [-0.1, -0.05) is 25.0 Å². The lowest BCUT2D eigenvalue weighted by Gasteiger charge is -2.28. The van der Waals surface area contributed by atoms with E-state index < -0.39 is 0 Å². The predicted molar refractivity (Wildman–Crippen MR) is 84.0 cm³/mol. The normalized spacial score (nSPS) is 15.3. The van der Waals surface area contributed by atoms with Crippen LogP contribution in [-0.4, -0.2) is 25.5 Å². The van der Waals surface area contributed by atoms with Crippen molar-refractivity contribution in [2.24, 2.45) is 5.73 Å². The van der Waals surface area contributed by atoms with Crippen molar-refractivity contribution in [3.05, 3.63) is 24.3 Å². The number of para-hydroxylation sites is 2. The van der Waals surface area contributed by atoms with Crippen LogP contribution in [0.1, 0.15) is 38.5 Å². The van der Waals surface area contributed by atoms with Crippen molar-refractivity contribution >= 4 is 17.3 Å². The number of hydrogen-bond donors (Lipinski definition) is 2. The second-order valence-corrected chi connectivity index (χ2v) is 5.51. The predicted octanol–water partition coefficient (Wildman–Crippen LogP) is 2.74. The van der Waals surface area contributed by atoms with Crippen LogP contribution in [0.2, 0.25) is 0 Å². The van der Waals surface area contributed by atoms with E-state index in [1.165, 1.54) is 25.7 Å². The molecule has 4 nitrogen and oxygen atoms in total. The first-order valence-corrected chi connectivity index (χ1v) is 7.54. The third kappa shape index (κ3) is 3.73. The van der Waals surface area contributed by atoms with Crippen LogP contribution in [0, 0.1) is 0 Å². The van der Waals surface area contributed by atoms with Gasteiger partial charge in [-0.05, 0) is 37.9 Å². The summed E-state index contributed by atoms with van der Waals surface area (Å²) in [6.45, 7) is 0.553. The van der Waals surface area contributed by atoms with Crippen molar-refractivity contribution in [3.8, 4) is 0 Å². The number of carbonyl (C=O) groups is 1. The molecule has 3 N–H and O–H groups in total. The first kappa shape index (κ1) is 14.9. The summed E-state index contributed by atoms with van der Waals surface area (Å²) in [5.41, 5.74) is 7.46. The number of rotatable bonds is 6. The lowest BCUT2D eigenvalue weighted by atomic mass is 10.1. The minimum atomic E-state index is 0.0442. The molecule has 1 fully saturated rings. The quantitative estimate of drug-likeness (QED) is 0.839. The molecule has 2 rings (SSSR count). The molecule has 0 bridgehead atoms. The van der Waals surface area contributed by atoms with Gasteiger partial charge in [0.25, 0.3) is 0 Å². The molecule has 110 valence electrons. The Bertz CT molecular complexity index is 441. The summed E-state index contributed by atoms with van der Waals surface area (Å²) in [7, 11) is 2.13. The Morgan fingerprint density at radius 2 is 2.05 bits per heavy atom. The van der Waals surface area contributed by atoms with E-state index in [1.54, 1.807) is 0 Å². The monoisotopic (exact) mass is 275 g/mol. The number of amides is 1. The van der Waals surface area contributed by atoms with Gasteiger partial charge in [-0.15, -0.1) is 0 Å². The van der Waals surface area contributed by atoms with E-state index in [-0.39, 0.29) is 5.91 Å². The number of benzene rings is 1. The zero-order valence-corrected chi connectivity index (χ0v) is 12.3. The third-order valence-corrected chi connectivity index (χ3v) is 4.04. The Balaban J connectivity index is 2.07. The fourth-order valence-electron chi connectivity index (χ4n) is 2.85. The highest BCUT2D eigenvalue weighted by Gasteiger charge is 2.21.